The van der Waals surface area contributed by atoms with E-state index in [9.17, 15) is 4.79 Å². The number of carbonyl (C=O) groups is 1. The zero-order chi connectivity index (χ0) is 14.0. The molecule has 0 unspecified atom stereocenters. The molecule has 0 spiro atoms. The first-order chi connectivity index (χ1) is 8.93. The highest BCUT2D eigenvalue weighted by molar-refractivity contribution is 5.95. The molecule has 3 nitrogen and oxygen atoms in total. The molecule has 1 heterocycles. The highest BCUT2D eigenvalue weighted by atomic mass is 16.2. The summed E-state index contributed by atoms with van der Waals surface area (Å²) in [5.41, 5.74) is 3.38. The van der Waals surface area contributed by atoms with Crippen LogP contribution in [-0.4, -0.2) is 30.9 Å². The number of hydrogen-bond donors (Lipinski definition) is 1. The van der Waals surface area contributed by atoms with Crippen molar-refractivity contribution in [3.63, 3.8) is 0 Å². The number of hydrogen-bond acceptors (Lipinski definition) is 2. The van der Waals surface area contributed by atoms with Crippen molar-refractivity contribution in [2.75, 3.05) is 25.5 Å². The van der Waals surface area contributed by atoms with Gasteiger partial charge in [0.2, 0.25) is 0 Å². The molecule has 104 valence electrons. The van der Waals surface area contributed by atoms with Crippen LogP contribution in [0.1, 0.15) is 42.6 Å². The molecule has 19 heavy (non-hydrogen) atoms. The maximum absolute atomic E-state index is 12.5. The van der Waals surface area contributed by atoms with Gasteiger partial charge in [-0.15, -0.1) is 0 Å². The molecule has 0 bridgehead atoms. The van der Waals surface area contributed by atoms with Gasteiger partial charge in [-0.05, 0) is 48.9 Å². The van der Waals surface area contributed by atoms with E-state index in [0.717, 1.165) is 42.7 Å². The van der Waals surface area contributed by atoms with E-state index in [1.54, 1.807) is 0 Å². The summed E-state index contributed by atoms with van der Waals surface area (Å²) in [5.74, 6) is 0.168. The summed E-state index contributed by atoms with van der Waals surface area (Å²) in [6.45, 7) is 8.33. The maximum atomic E-state index is 12.5. The SMILES string of the molecule is CNc1ccc(C(=O)N2CCC(C)(C)CC2)cc1C. The van der Waals surface area contributed by atoms with Crippen molar-refractivity contribution in [3.05, 3.63) is 29.3 Å². The summed E-state index contributed by atoms with van der Waals surface area (Å²) in [4.78, 5) is 14.5. The van der Waals surface area contributed by atoms with Crippen molar-refractivity contribution in [2.45, 2.75) is 33.6 Å². The number of piperidine rings is 1. The fraction of sp³-hybridized carbons (Fsp3) is 0.562. The Balaban J connectivity index is 2.10. The number of rotatable bonds is 2. The predicted molar refractivity (Wildman–Crippen MR) is 79.6 cm³/mol. The van der Waals surface area contributed by atoms with Crippen LogP contribution < -0.4 is 5.32 Å². The molecule has 1 aromatic carbocycles. The second-order valence-corrected chi connectivity index (χ2v) is 6.24. The lowest BCUT2D eigenvalue weighted by atomic mass is 9.82. The lowest BCUT2D eigenvalue weighted by Gasteiger charge is -2.37. The zero-order valence-corrected chi connectivity index (χ0v) is 12.4. The summed E-state index contributed by atoms with van der Waals surface area (Å²) < 4.78 is 0. The Morgan fingerprint density at radius 3 is 2.42 bits per heavy atom. The third-order valence-electron chi connectivity index (χ3n) is 4.15. The molecule has 2 rings (SSSR count). The van der Waals surface area contributed by atoms with Crippen LogP contribution in [-0.2, 0) is 0 Å². The Labute approximate surface area is 116 Å². The molecule has 1 N–H and O–H groups in total. The Bertz CT molecular complexity index is 470. The van der Waals surface area contributed by atoms with Gasteiger partial charge < -0.3 is 10.2 Å². The quantitative estimate of drug-likeness (QED) is 0.885. The van der Waals surface area contributed by atoms with E-state index in [-0.39, 0.29) is 5.91 Å². The van der Waals surface area contributed by atoms with Gasteiger partial charge in [-0.3, -0.25) is 4.79 Å². The van der Waals surface area contributed by atoms with Crippen molar-refractivity contribution >= 4 is 11.6 Å². The summed E-state index contributed by atoms with van der Waals surface area (Å²) >= 11 is 0. The second kappa shape index (κ2) is 5.24. The molecule has 1 amide bonds. The van der Waals surface area contributed by atoms with Crippen molar-refractivity contribution in [2.24, 2.45) is 5.41 Å². The van der Waals surface area contributed by atoms with E-state index >= 15 is 0 Å². The molecular formula is C16H24N2O. The summed E-state index contributed by atoms with van der Waals surface area (Å²) in [6.07, 6.45) is 2.18. The highest BCUT2D eigenvalue weighted by Gasteiger charge is 2.28. The van der Waals surface area contributed by atoms with E-state index in [0.29, 0.717) is 5.41 Å². The van der Waals surface area contributed by atoms with Gasteiger partial charge >= 0.3 is 0 Å². The fourth-order valence-electron chi connectivity index (χ4n) is 2.57. The number of nitrogens with zero attached hydrogens (tertiary/aromatic N) is 1. The number of benzene rings is 1. The van der Waals surface area contributed by atoms with Crippen LogP contribution in [0, 0.1) is 12.3 Å². The molecule has 1 aliphatic heterocycles. The minimum Gasteiger partial charge on any atom is -0.388 e. The topological polar surface area (TPSA) is 32.3 Å². The van der Waals surface area contributed by atoms with E-state index in [2.05, 4.69) is 19.2 Å². The van der Waals surface area contributed by atoms with Crippen LogP contribution in [0.2, 0.25) is 0 Å². The molecular weight excluding hydrogens is 236 g/mol. The Morgan fingerprint density at radius 2 is 1.89 bits per heavy atom. The minimum absolute atomic E-state index is 0.168. The van der Waals surface area contributed by atoms with Crippen molar-refractivity contribution in [1.29, 1.82) is 0 Å². The zero-order valence-electron chi connectivity index (χ0n) is 12.4. The van der Waals surface area contributed by atoms with Crippen LogP contribution in [0.3, 0.4) is 0 Å². The monoisotopic (exact) mass is 260 g/mol. The predicted octanol–water partition coefficient (Wildman–Crippen LogP) is 3.30. The van der Waals surface area contributed by atoms with Crippen molar-refractivity contribution in [1.82, 2.24) is 4.90 Å². The summed E-state index contributed by atoms with van der Waals surface area (Å²) in [7, 11) is 1.90. The molecule has 1 fully saturated rings. The number of likely N-dealkylation sites (tertiary alicyclic amines) is 1. The lowest BCUT2D eigenvalue weighted by Crippen LogP contribution is -2.41. The van der Waals surface area contributed by atoms with Gasteiger partial charge in [0.1, 0.15) is 0 Å². The number of aryl methyl sites for hydroxylation is 1. The highest BCUT2D eigenvalue weighted by Crippen LogP contribution is 2.30. The number of amides is 1. The van der Waals surface area contributed by atoms with E-state index in [1.165, 1.54) is 0 Å². The van der Waals surface area contributed by atoms with Crippen molar-refractivity contribution < 1.29 is 4.79 Å². The van der Waals surface area contributed by atoms with Gasteiger partial charge in [0.15, 0.2) is 0 Å². The molecule has 0 aliphatic carbocycles. The number of anilines is 1. The molecule has 0 saturated carbocycles. The van der Waals surface area contributed by atoms with Crippen molar-refractivity contribution in [3.8, 4) is 0 Å². The first-order valence-corrected chi connectivity index (χ1v) is 7.01. The second-order valence-electron chi connectivity index (χ2n) is 6.24. The summed E-state index contributed by atoms with van der Waals surface area (Å²) in [6, 6.07) is 5.88. The minimum atomic E-state index is 0.168. The standard InChI is InChI=1S/C16H24N2O/c1-12-11-13(5-6-14(12)17-4)15(19)18-9-7-16(2,3)8-10-18/h5-6,11,17H,7-10H2,1-4H3. The Hall–Kier alpha value is -1.51. The fourth-order valence-corrected chi connectivity index (χ4v) is 2.57. The average molecular weight is 260 g/mol. The molecule has 0 radical (unpaired) electrons. The van der Waals surface area contributed by atoms with E-state index < -0.39 is 0 Å². The smallest absolute Gasteiger partial charge is 0.253 e. The molecule has 1 aliphatic rings. The molecule has 1 aromatic rings. The normalized spacial score (nSPS) is 18.2. The van der Waals surface area contributed by atoms with Gasteiger partial charge in [-0.25, -0.2) is 0 Å². The van der Waals surface area contributed by atoms with Crippen LogP contribution in [0.25, 0.3) is 0 Å². The van der Waals surface area contributed by atoms with Crippen LogP contribution >= 0.6 is 0 Å². The Kier molecular flexibility index (Phi) is 3.83. The third-order valence-corrected chi connectivity index (χ3v) is 4.15. The first kappa shape index (κ1) is 13.9. The molecule has 0 atom stereocenters. The molecule has 1 saturated heterocycles. The molecule has 3 heteroatoms. The third kappa shape index (κ3) is 3.09. The summed E-state index contributed by atoms with van der Waals surface area (Å²) in [5, 5.41) is 3.13. The van der Waals surface area contributed by atoms with Gasteiger partial charge in [-0.2, -0.15) is 0 Å². The van der Waals surface area contributed by atoms with Gasteiger partial charge in [0.25, 0.3) is 5.91 Å². The van der Waals surface area contributed by atoms with E-state index in [1.807, 2.05) is 37.1 Å². The van der Waals surface area contributed by atoms with Crippen LogP contribution in [0.4, 0.5) is 5.69 Å². The van der Waals surface area contributed by atoms with Gasteiger partial charge in [0.05, 0.1) is 0 Å². The first-order valence-electron chi connectivity index (χ1n) is 7.01. The van der Waals surface area contributed by atoms with Gasteiger partial charge in [-0.1, -0.05) is 13.8 Å². The average Bonchev–Trinajstić information content (AvgIpc) is 2.38. The van der Waals surface area contributed by atoms with E-state index in [4.69, 9.17) is 0 Å². The maximum Gasteiger partial charge on any atom is 0.253 e. The lowest BCUT2D eigenvalue weighted by molar-refractivity contribution is 0.0630. The largest absolute Gasteiger partial charge is 0.388 e. The van der Waals surface area contributed by atoms with Crippen LogP contribution in [0.5, 0.6) is 0 Å². The van der Waals surface area contributed by atoms with Crippen LogP contribution in [0.15, 0.2) is 18.2 Å². The molecule has 0 aromatic heterocycles. The Morgan fingerprint density at radius 1 is 1.26 bits per heavy atom. The number of nitrogens with one attached hydrogen (secondary N) is 1. The number of carbonyl (C=O) groups excluding carboxylic acids is 1. The van der Waals surface area contributed by atoms with Gasteiger partial charge in [0, 0.05) is 31.4 Å².